The Balaban J connectivity index is 2.43. The van der Waals surface area contributed by atoms with Crippen molar-refractivity contribution in [2.24, 2.45) is 0 Å². The number of carbonyl (C=O) groups is 1. The van der Waals surface area contributed by atoms with Crippen molar-refractivity contribution >= 4 is 6.03 Å². The highest BCUT2D eigenvalue weighted by Crippen LogP contribution is 2.17. The van der Waals surface area contributed by atoms with E-state index in [0.717, 1.165) is 12.1 Å². The quantitative estimate of drug-likeness (QED) is 0.831. The molecule has 1 rings (SSSR count). The highest BCUT2D eigenvalue weighted by atomic mass is 19.1. The molecule has 20 heavy (non-hydrogen) atoms. The number of halogens is 2. The Hall–Kier alpha value is -1.89. The van der Waals surface area contributed by atoms with Crippen molar-refractivity contribution in [2.45, 2.75) is 13.0 Å². The maximum atomic E-state index is 13.3. The highest BCUT2D eigenvalue weighted by Gasteiger charge is 2.13. The summed E-state index contributed by atoms with van der Waals surface area (Å²) in [5.74, 6) is -1.54. The van der Waals surface area contributed by atoms with Crippen LogP contribution in [0.25, 0.3) is 0 Å². The number of nitrogens with one attached hydrogen (secondary N) is 1. The van der Waals surface area contributed by atoms with Crippen molar-refractivity contribution in [3.05, 3.63) is 29.8 Å². The summed E-state index contributed by atoms with van der Waals surface area (Å²) < 4.78 is 31.2. The first-order valence-corrected chi connectivity index (χ1v) is 6.14. The summed E-state index contributed by atoms with van der Waals surface area (Å²) in [6.07, 6.45) is 0. The van der Waals surface area contributed by atoms with E-state index in [2.05, 4.69) is 5.32 Å². The molecule has 0 saturated carbocycles. The summed E-state index contributed by atoms with van der Waals surface area (Å²) in [6.45, 7) is 1.81. The number of rotatable bonds is 6. The third kappa shape index (κ3) is 5.00. The van der Waals surface area contributed by atoms with Gasteiger partial charge in [0.05, 0.1) is 12.6 Å². The number of hydrogen-bond donors (Lipinski definition) is 2. The van der Waals surface area contributed by atoms with Gasteiger partial charge in [0.15, 0.2) is 11.6 Å². The maximum absolute atomic E-state index is 13.3. The maximum Gasteiger partial charge on any atom is 0.317 e. The molecule has 1 aromatic rings. The van der Waals surface area contributed by atoms with E-state index in [9.17, 15) is 13.6 Å². The molecule has 0 bridgehead atoms. The Morgan fingerprint density at radius 2 is 2.20 bits per heavy atom. The summed E-state index contributed by atoms with van der Waals surface area (Å²) >= 11 is 0. The normalized spacial score (nSPS) is 11.8. The fourth-order valence-corrected chi connectivity index (χ4v) is 1.42. The Labute approximate surface area is 116 Å². The zero-order valence-electron chi connectivity index (χ0n) is 11.4. The van der Waals surface area contributed by atoms with Gasteiger partial charge in [0.25, 0.3) is 0 Å². The lowest BCUT2D eigenvalue weighted by Gasteiger charge is -2.20. The monoisotopic (exact) mass is 288 g/mol. The number of aliphatic hydroxyl groups is 1. The van der Waals surface area contributed by atoms with Crippen LogP contribution < -0.4 is 10.1 Å². The molecule has 0 radical (unpaired) electrons. The van der Waals surface area contributed by atoms with Crippen molar-refractivity contribution in [2.75, 3.05) is 26.8 Å². The molecule has 0 aromatic heterocycles. The van der Waals surface area contributed by atoms with Crippen LogP contribution in [0.15, 0.2) is 18.2 Å². The van der Waals surface area contributed by atoms with E-state index < -0.39 is 11.6 Å². The molecule has 112 valence electrons. The first-order valence-electron chi connectivity index (χ1n) is 6.14. The Bertz CT molecular complexity index is 457. The third-order valence-corrected chi connectivity index (χ3v) is 2.53. The third-order valence-electron chi connectivity index (χ3n) is 2.53. The molecule has 1 aromatic carbocycles. The van der Waals surface area contributed by atoms with E-state index >= 15 is 0 Å². The predicted molar refractivity (Wildman–Crippen MR) is 69.6 cm³/mol. The Morgan fingerprint density at radius 3 is 2.80 bits per heavy atom. The van der Waals surface area contributed by atoms with E-state index in [1.165, 1.54) is 11.0 Å². The largest absolute Gasteiger partial charge is 0.488 e. The van der Waals surface area contributed by atoms with Gasteiger partial charge in [-0.1, -0.05) is 0 Å². The van der Waals surface area contributed by atoms with Crippen molar-refractivity contribution in [1.29, 1.82) is 0 Å². The molecular formula is C13H18F2N2O3. The number of hydrogen-bond acceptors (Lipinski definition) is 3. The summed E-state index contributed by atoms with van der Waals surface area (Å²) in [4.78, 5) is 12.9. The summed E-state index contributed by atoms with van der Waals surface area (Å²) in [5, 5.41) is 11.3. The van der Waals surface area contributed by atoms with Crippen LogP contribution >= 0.6 is 0 Å². The molecule has 0 aliphatic rings. The summed E-state index contributed by atoms with van der Waals surface area (Å²) in [7, 11) is 1.54. The van der Waals surface area contributed by atoms with Crippen molar-refractivity contribution < 1.29 is 23.4 Å². The van der Waals surface area contributed by atoms with E-state index in [1.54, 1.807) is 14.0 Å². The molecule has 7 heteroatoms. The molecule has 0 aliphatic carbocycles. The molecule has 0 spiro atoms. The molecule has 2 N–H and O–H groups in total. The van der Waals surface area contributed by atoms with Gasteiger partial charge in [-0.25, -0.2) is 13.6 Å². The fourth-order valence-electron chi connectivity index (χ4n) is 1.42. The lowest BCUT2D eigenvalue weighted by Crippen LogP contribution is -2.45. The first-order chi connectivity index (χ1) is 9.43. The number of carbonyl (C=O) groups excluding carboxylic acids is 1. The average Bonchev–Trinajstić information content (AvgIpc) is 2.37. The number of ether oxygens (including phenoxy) is 1. The van der Waals surface area contributed by atoms with Crippen LogP contribution in [0.2, 0.25) is 0 Å². The number of aliphatic hydroxyl groups excluding tert-OH is 1. The number of urea groups is 1. The fraction of sp³-hybridized carbons (Fsp3) is 0.462. The molecule has 0 heterocycles. The first kappa shape index (κ1) is 16.2. The lowest BCUT2D eigenvalue weighted by atomic mass is 10.3. The van der Waals surface area contributed by atoms with Gasteiger partial charge in [-0.2, -0.15) is 0 Å². The van der Waals surface area contributed by atoms with Crippen LogP contribution in [-0.2, 0) is 0 Å². The van der Waals surface area contributed by atoms with E-state index in [-0.39, 0.29) is 37.6 Å². The summed E-state index contributed by atoms with van der Waals surface area (Å²) in [6, 6.07) is 2.28. The molecule has 0 fully saturated rings. The molecule has 0 saturated heterocycles. The molecule has 5 nitrogen and oxygen atoms in total. The van der Waals surface area contributed by atoms with Crippen LogP contribution in [-0.4, -0.2) is 48.9 Å². The predicted octanol–water partition coefficient (Wildman–Crippen LogP) is 1.37. The van der Waals surface area contributed by atoms with Gasteiger partial charge in [0.1, 0.15) is 12.4 Å². The van der Waals surface area contributed by atoms with Crippen LogP contribution in [0.1, 0.15) is 6.92 Å². The second-order valence-electron chi connectivity index (χ2n) is 4.38. The second kappa shape index (κ2) is 7.64. The smallest absolute Gasteiger partial charge is 0.317 e. The van der Waals surface area contributed by atoms with Crippen LogP contribution in [0.5, 0.6) is 5.75 Å². The van der Waals surface area contributed by atoms with Gasteiger partial charge in [-0.15, -0.1) is 0 Å². The summed E-state index contributed by atoms with van der Waals surface area (Å²) in [5.41, 5.74) is 0. The molecule has 0 aliphatic heterocycles. The molecular weight excluding hydrogens is 270 g/mol. The Morgan fingerprint density at radius 1 is 1.50 bits per heavy atom. The highest BCUT2D eigenvalue weighted by molar-refractivity contribution is 5.74. The van der Waals surface area contributed by atoms with Gasteiger partial charge in [0.2, 0.25) is 0 Å². The van der Waals surface area contributed by atoms with Gasteiger partial charge >= 0.3 is 6.03 Å². The van der Waals surface area contributed by atoms with Gasteiger partial charge < -0.3 is 20.1 Å². The van der Waals surface area contributed by atoms with E-state index in [1.807, 2.05) is 0 Å². The van der Waals surface area contributed by atoms with E-state index in [0.29, 0.717) is 0 Å². The minimum absolute atomic E-state index is 0.0429. The topological polar surface area (TPSA) is 61.8 Å². The van der Waals surface area contributed by atoms with Crippen molar-refractivity contribution in [1.82, 2.24) is 10.2 Å². The van der Waals surface area contributed by atoms with Crippen LogP contribution in [0.4, 0.5) is 13.6 Å². The van der Waals surface area contributed by atoms with Gasteiger partial charge in [-0.05, 0) is 19.1 Å². The van der Waals surface area contributed by atoms with Gasteiger partial charge in [0, 0.05) is 19.7 Å². The van der Waals surface area contributed by atoms with Crippen LogP contribution in [0.3, 0.4) is 0 Å². The zero-order valence-corrected chi connectivity index (χ0v) is 11.4. The van der Waals surface area contributed by atoms with Crippen molar-refractivity contribution in [3.8, 4) is 5.75 Å². The molecule has 1 unspecified atom stereocenters. The molecule has 2 amide bonds. The van der Waals surface area contributed by atoms with Crippen molar-refractivity contribution in [3.63, 3.8) is 0 Å². The second-order valence-corrected chi connectivity index (χ2v) is 4.38. The average molecular weight is 288 g/mol. The van der Waals surface area contributed by atoms with Crippen LogP contribution in [0, 0.1) is 11.6 Å². The number of amides is 2. The number of likely N-dealkylation sites (N-methyl/N-ethyl adjacent to an activating group) is 1. The SMILES string of the molecule is CC(COc1ccc(F)cc1F)NC(=O)N(C)CCO. The van der Waals surface area contributed by atoms with Gasteiger partial charge in [-0.3, -0.25) is 0 Å². The number of nitrogens with zero attached hydrogens (tertiary/aromatic N) is 1. The Kier molecular flexibility index (Phi) is 6.17. The minimum Gasteiger partial charge on any atom is -0.488 e. The minimum atomic E-state index is -0.791. The standard InChI is InChI=1S/C13H18F2N2O3/c1-9(16-13(19)17(2)5-6-18)8-20-12-4-3-10(14)7-11(12)15/h3-4,7,9,18H,5-6,8H2,1-2H3,(H,16,19). The zero-order chi connectivity index (χ0) is 15.1. The number of benzene rings is 1. The van der Waals surface area contributed by atoms with E-state index in [4.69, 9.17) is 9.84 Å². The lowest BCUT2D eigenvalue weighted by molar-refractivity contribution is 0.181. The molecule has 1 atom stereocenters.